The summed E-state index contributed by atoms with van der Waals surface area (Å²) in [5, 5.41) is 17.2. The molecule has 12 nitrogen and oxygen atoms in total. The Labute approximate surface area is 365 Å². The van der Waals surface area contributed by atoms with Gasteiger partial charge in [0.1, 0.15) is 22.7 Å². The molecule has 2 amide bonds. The molecular formula is C46H62BBrN4O8. The van der Waals surface area contributed by atoms with Gasteiger partial charge in [0.25, 0.3) is 0 Å². The number of amides is 2. The molecule has 6 rings (SSSR count). The third-order valence-electron chi connectivity index (χ3n) is 9.58. The lowest BCUT2D eigenvalue weighted by molar-refractivity contribution is 0.0129. The summed E-state index contributed by atoms with van der Waals surface area (Å²) >= 11 is 3.46. The fraction of sp³-hybridized carbons (Fsp3) is 0.435. The van der Waals surface area contributed by atoms with Gasteiger partial charge in [0.2, 0.25) is 0 Å². The van der Waals surface area contributed by atoms with E-state index in [1.807, 2.05) is 77.9 Å². The molecule has 2 N–H and O–H groups in total. The second kappa shape index (κ2) is 22.9. The molecule has 2 heterocycles. The van der Waals surface area contributed by atoms with Crippen molar-refractivity contribution in [1.29, 1.82) is 0 Å². The highest BCUT2D eigenvalue weighted by Crippen LogP contribution is 2.29. The molecular weight excluding hydrogens is 827 g/mol. The van der Waals surface area contributed by atoms with E-state index in [2.05, 4.69) is 62.1 Å². The van der Waals surface area contributed by atoms with Crippen molar-refractivity contribution in [2.45, 2.75) is 65.8 Å². The van der Waals surface area contributed by atoms with Gasteiger partial charge < -0.3 is 38.8 Å². The molecule has 0 radical (unpaired) electrons. The summed E-state index contributed by atoms with van der Waals surface area (Å²) in [6.45, 7) is 19.0. The van der Waals surface area contributed by atoms with Gasteiger partial charge in [0.15, 0.2) is 0 Å². The number of carbonyl (C=O) groups excluding carboxylic acids is 2. The highest BCUT2D eigenvalue weighted by molar-refractivity contribution is 9.10. The van der Waals surface area contributed by atoms with Crippen LogP contribution in [-0.4, -0.2) is 127 Å². The third-order valence-corrected chi connectivity index (χ3v) is 10.1. The van der Waals surface area contributed by atoms with Gasteiger partial charge in [0.05, 0.1) is 14.2 Å². The zero-order valence-corrected chi connectivity index (χ0v) is 38.0. The van der Waals surface area contributed by atoms with Crippen LogP contribution >= 0.6 is 15.9 Å². The van der Waals surface area contributed by atoms with E-state index in [1.54, 1.807) is 48.3 Å². The van der Waals surface area contributed by atoms with E-state index in [4.69, 9.17) is 29.0 Å². The van der Waals surface area contributed by atoms with Crippen LogP contribution in [0, 0.1) is 0 Å². The second-order valence-electron chi connectivity index (χ2n) is 16.6. The fourth-order valence-electron chi connectivity index (χ4n) is 6.47. The Balaban J connectivity index is 0.000000222. The summed E-state index contributed by atoms with van der Waals surface area (Å²) in [6, 6.07) is 31.4. The fourth-order valence-corrected chi connectivity index (χ4v) is 6.81. The number of hydrogen-bond donors (Lipinski definition) is 2. The topological polar surface area (TPSA) is 124 Å². The minimum atomic E-state index is -1.34. The molecule has 0 bridgehead atoms. The normalized spacial score (nSPS) is 14.8. The Morgan fingerprint density at radius 1 is 0.583 bits per heavy atom. The first-order valence-corrected chi connectivity index (χ1v) is 21.1. The van der Waals surface area contributed by atoms with Crippen LogP contribution in [0.25, 0.3) is 11.1 Å². The number of halogens is 1. The lowest BCUT2D eigenvalue weighted by Gasteiger charge is -2.35. The number of rotatable bonds is 8. The molecule has 0 aromatic heterocycles. The van der Waals surface area contributed by atoms with E-state index in [0.717, 1.165) is 71.9 Å². The summed E-state index contributed by atoms with van der Waals surface area (Å²) in [4.78, 5) is 32.5. The van der Waals surface area contributed by atoms with Crippen molar-refractivity contribution in [2.24, 2.45) is 0 Å². The average Bonchev–Trinajstić information content (AvgIpc) is 3.22. The monoisotopic (exact) mass is 888 g/mol. The molecule has 14 heteroatoms. The van der Waals surface area contributed by atoms with Crippen LogP contribution in [0.1, 0.15) is 52.7 Å². The standard InChI is InChI=1S/C23H30N2O3.C17H25BrN2O3.C6H7BO2/c1-23(2,3)28-22(26)25-14-12-24(13-15-25)17-20-11-10-19(16-21(20)27-4)18-8-6-5-7-9-18;1-17(2,3)23-16(21)20-9-7-19(8-10-20)12-13-5-6-14(18)11-15(13)22-4;8-7(9)6-4-2-1-3-5-6/h5-11,16H,12-15,17H2,1-4H3;5-6,11H,7-10,12H2,1-4H3;1-5,8-9H. The minimum Gasteiger partial charge on any atom is -0.496 e. The maximum absolute atomic E-state index is 12.2. The SMILES string of the molecule is COc1cc(-c2ccccc2)ccc1CN1CCN(C(=O)OC(C)(C)C)CC1.COc1cc(Br)ccc1CN1CCN(C(=O)OC(C)(C)C)CC1.OB(O)c1ccccc1. The number of piperazine rings is 2. The van der Waals surface area contributed by atoms with E-state index in [-0.39, 0.29) is 12.2 Å². The maximum Gasteiger partial charge on any atom is 0.488 e. The van der Waals surface area contributed by atoms with Crippen LogP contribution in [0.5, 0.6) is 11.5 Å². The first-order valence-electron chi connectivity index (χ1n) is 20.3. The van der Waals surface area contributed by atoms with E-state index < -0.39 is 18.3 Å². The summed E-state index contributed by atoms with van der Waals surface area (Å²) in [5.41, 5.74) is 4.27. The van der Waals surface area contributed by atoms with Crippen molar-refractivity contribution in [1.82, 2.24) is 19.6 Å². The van der Waals surface area contributed by atoms with Gasteiger partial charge in [0, 0.05) is 81.0 Å². The lowest BCUT2D eigenvalue weighted by atomic mass is 9.81. The van der Waals surface area contributed by atoms with Gasteiger partial charge in [-0.3, -0.25) is 9.80 Å². The van der Waals surface area contributed by atoms with Crippen LogP contribution < -0.4 is 14.9 Å². The van der Waals surface area contributed by atoms with Crippen LogP contribution in [0.15, 0.2) is 102 Å². The Hall–Kier alpha value is -4.60. The molecule has 2 fully saturated rings. The zero-order valence-electron chi connectivity index (χ0n) is 36.4. The molecule has 2 aliphatic rings. The third kappa shape index (κ3) is 16.1. The van der Waals surface area contributed by atoms with Crippen molar-refractivity contribution in [3.05, 3.63) is 113 Å². The van der Waals surface area contributed by atoms with Crippen molar-refractivity contribution >= 4 is 40.7 Å². The zero-order chi connectivity index (χ0) is 43.9. The molecule has 0 atom stereocenters. The van der Waals surface area contributed by atoms with Crippen molar-refractivity contribution in [2.75, 3.05) is 66.6 Å². The second-order valence-corrected chi connectivity index (χ2v) is 17.5. The van der Waals surface area contributed by atoms with E-state index in [1.165, 1.54) is 5.56 Å². The molecule has 0 spiro atoms. The summed E-state index contributed by atoms with van der Waals surface area (Å²) in [6.07, 6.45) is -0.449. The smallest absolute Gasteiger partial charge is 0.488 e. The lowest BCUT2D eigenvalue weighted by Crippen LogP contribution is -2.49. The number of methoxy groups -OCH3 is 2. The van der Waals surface area contributed by atoms with Crippen LogP contribution in [0.2, 0.25) is 0 Å². The largest absolute Gasteiger partial charge is 0.496 e. The van der Waals surface area contributed by atoms with E-state index >= 15 is 0 Å². The minimum absolute atomic E-state index is 0.224. The molecule has 4 aromatic carbocycles. The molecule has 4 aromatic rings. The van der Waals surface area contributed by atoms with Gasteiger partial charge in [-0.1, -0.05) is 94.8 Å². The van der Waals surface area contributed by atoms with Gasteiger partial charge in [-0.25, -0.2) is 9.59 Å². The van der Waals surface area contributed by atoms with Gasteiger partial charge in [-0.05, 0) is 76.3 Å². The molecule has 0 aliphatic carbocycles. The number of carbonyl (C=O) groups is 2. The van der Waals surface area contributed by atoms with E-state index in [9.17, 15) is 9.59 Å². The Morgan fingerprint density at radius 2 is 1.00 bits per heavy atom. The molecule has 60 heavy (non-hydrogen) atoms. The number of benzene rings is 4. The van der Waals surface area contributed by atoms with Crippen molar-refractivity contribution in [3.8, 4) is 22.6 Å². The Kier molecular flexibility index (Phi) is 18.3. The Bertz CT molecular complexity index is 1930. The van der Waals surface area contributed by atoms with Crippen LogP contribution in [-0.2, 0) is 22.6 Å². The molecule has 2 saturated heterocycles. The van der Waals surface area contributed by atoms with Crippen LogP contribution in [0.4, 0.5) is 9.59 Å². The van der Waals surface area contributed by atoms with Gasteiger partial charge in [-0.15, -0.1) is 0 Å². The molecule has 2 aliphatic heterocycles. The highest BCUT2D eigenvalue weighted by atomic mass is 79.9. The van der Waals surface area contributed by atoms with Crippen molar-refractivity contribution in [3.63, 3.8) is 0 Å². The van der Waals surface area contributed by atoms with Gasteiger partial charge >= 0.3 is 19.3 Å². The van der Waals surface area contributed by atoms with Crippen molar-refractivity contribution < 1.29 is 38.6 Å². The first-order chi connectivity index (χ1) is 28.4. The number of nitrogens with zero attached hydrogens (tertiary/aromatic N) is 4. The molecule has 0 unspecified atom stereocenters. The first kappa shape index (κ1) is 48.1. The van der Waals surface area contributed by atoms with Crippen LogP contribution in [0.3, 0.4) is 0 Å². The summed E-state index contributed by atoms with van der Waals surface area (Å²) in [7, 11) is 2.06. The average molecular weight is 890 g/mol. The molecule has 324 valence electrons. The summed E-state index contributed by atoms with van der Waals surface area (Å²) < 4.78 is 23.0. The quantitative estimate of drug-likeness (QED) is 0.175. The summed E-state index contributed by atoms with van der Waals surface area (Å²) in [5.74, 6) is 1.78. The Morgan fingerprint density at radius 3 is 1.40 bits per heavy atom. The predicted molar refractivity (Wildman–Crippen MR) is 242 cm³/mol. The predicted octanol–water partition coefficient (Wildman–Crippen LogP) is 7.29. The van der Waals surface area contributed by atoms with E-state index in [0.29, 0.717) is 31.6 Å². The highest BCUT2D eigenvalue weighted by Gasteiger charge is 2.27. The number of ether oxygens (including phenoxy) is 4. The maximum atomic E-state index is 12.2. The molecule has 0 saturated carbocycles. The van der Waals surface area contributed by atoms with Gasteiger partial charge in [-0.2, -0.15) is 0 Å². The number of hydrogen-bond acceptors (Lipinski definition) is 10.